The molecule has 1 atom stereocenters. The number of hydrogen-bond acceptors (Lipinski definition) is 2. The molecule has 0 saturated heterocycles. The van der Waals surface area contributed by atoms with Gasteiger partial charge in [0.15, 0.2) is 0 Å². The highest BCUT2D eigenvalue weighted by atomic mass is 35.5. The monoisotopic (exact) mass is 214 g/mol. The number of halogens is 1. The van der Waals surface area contributed by atoms with Gasteiger partial charge in [-0.2, -0.15) is 0 Å². The van der Waals surface area contributed by atoms with E-state index in [1.165, 1.54) is 0 Å². The molecule has 0 spiro atoms. The quantitative estimate of drug-likeness (QED) is 0.822. The standard InChI is InChI=1S/C11H18N2.ClH/c1-11(2,3)8-9(12)10-6-4-5-7-13-10;/h4-7,9H,8,12H2,1-3H3;1H. The lowest BCUT2D eigenvalue weighted by atomic mass is 9.87. The molecule has 1 rings (SSSR count). The highest BCUT2D eigenvalue weighted by molar-refractivity contribution is 5.85. The van der Waals surface area contributed by atoms with Gasteiger partial charge in [0.2, 0.25) is 0 Å². The van der Waals surface area contributed by atoms with Crippen molar-refractivity contribution in [1.29, 1.82) is 0 Å². The van der Waals surface area contributed by atoms with Gasteiger partial charge in [-0.25, -0.2) is 0 Å². The molecule has 1 heterocycles. The van der Waals surface area contributed by atoms with E-state index in [2.05, 4.69) is 25.8 Å². The minimum absolute atomic E-state index is 0. The van der Waals surface area contributed by atoms with Crippen LogP contribution in [0.25, 0.3) is 0 Å². The van der Waals surface area contributed by atoms with Crippen LogP contribution >= 0.6 is 12.4 Å². The SMILES string of the molecule is CC(C)(C)CC(N)c1ccccn1.Cl. The van der Waals surface area contributed by atoms with E-state index in [9.17, 15) is 0 Å². The molecular weight excluding hydrogens is 196 g/mol. The van der Waals surface area contributed by atoms with Crippen LogP contribution in [0.2, 0.25) is 0 Å². The summed E-state index contributed by atoms with van der Waals surface area (Å²) in [5.41, 5.74) is 7.26. The number of aromatic nitrogens is 1. The number of nitrogens with two attached hydrogens (primary N) is 1. The topological polar surface area (TPSA) is 38.9 Å². The lowest BCUT2D eigenvalue weighted by Crippen LogP contribution is -2.19. The summed E-state index contributed by atoms with van der Waals surface area (Å²) >= 11 is 0. The van der Waals surface area contributed by atoms with Crippen LogP contribution in [-0.4, -0.2) is 4.98 Å². The summed E-state index contributed by atoms with van der Waals surface area (Å²) in [4.78, 5) is 4.24. The van der Waals surface area contributed by atoms with Crippen LogP contribution in [0.4, 0.5) is 0 Å². The van der Waals surface area contributed by atoms with Crippen molar-refractivity contribution in [3.05, 3.63) is 30.1 Å². The van der Waals surface area contributed by atoms with Crippen molar-refractivity contribution in [1.82, 2.24) is 4.98 Å². The van der Waals surface area contributed by atoms with Crippen LogP contribution < -0.4 is 5.73 Å². The van der Waals surface area contributed by atoms with E-state index in [1.807, 2.05) is 18.2 Å². The fourth-order valence-electron chi connectivity index (χ4n) is 1.36. The van der Waals surface area contributed by atoms with Gasteiger partial charge in [-0.1, -0.05) is 26.8 Å². The number of nitrogens with zero attached hydrogens (tertiary/aromatic N) is 1. The third-order valence-corrected chi connectivity index (χ3v) is 1.90. The molecule has 3 heteroatoms. The lowest BCUT2D eigenvalue weighted by Gasteiger charge is -2.22. The lowest BCUT2D eigenvalue weighted by molar-refractivity contribution is 0.340. The average molecular weight is 215 g/mol. The van der Waals surface area contributed by atoms with E-state index in [1.54, 1.807) is 6.20 Å². The summed E-state index contributed by atoms with van der Waals surface area (Å²) < 4.78 is 0. The van der Waals surface area contributed by atoms with Gasteiger partial charge in [-0.3, -0.25) is 4.98 Å². The van der Waals surface area contributed by atoms with Crippen molar-refractivity contribution in [2.24, 2.45) is 11.1 Å². The average Bonchev–Trinajstić information content (AvgIpc) is 2.03. The Morgan fingerprint density at radius 2 is 2.00 bits per heavy atom. The van der Waals surface area contributed by atoms with E-state index in [4.69, 9.17) is 5.73 Å². The van der Waals surface area contributed by atoms with E-state index < -0.39 is 0 Å². The molecule has 0 bridgehead atoms. The first-order valence-corrected chi connectivity index (χ1v) is 4.65. The van der Waals surface area contributed by atoms with Crippen LogP contribution in [-0.2, 0) is 0 Å². The van der Waals surface area contributed by atoms with E-state index in [0.29, 0.717) is 0 Å². The van der Waals surface area contributed by atoms with E-state index in [-0.39, 0.29) is 23.9 Å². The Labute approximate surface area is 92.3 Å². The predicted molar refractivity (Wildman–Crippen MR) is 62.5 cm³/mol. The third-order valence-electron chi connectivity index (χ3n) is 1.90. The van der Waals surface area contributed by atoms with E-state index in [0.717, 1.165) is 12.1 Å². The zero-order chi connectivity index (χ0) is 9.90. The maximum Gasteiger partial charge on any atom is 0.0571 e. The van der Waals surface area contributed by atoms with Crippen molar-refractivity contribution >= 4 is 12.4 Å². The largest absolute Gasteiger partial charge is 0.323 e. The highest BCUT2D eigenvalue weighted by Crippen LogP contribution is 2.26. The molecule has 0 radical (unpaired) electrons. The Hall–Kier alpha value is -0.600. The van der Waals surface area contributed by atoms with Gasteiger partial charge in [0.25, 0.3) is 0 Å². The second-order valence-electron chi connectivity index (χ2n) is 4.63. The Bertz CT molecular complexity index is 254. The zero-order valence-electron chi connectivity index (χ0n) is 9.03. The molecule has 1 aromatic rings. The van der Waals surface area contributed by atoms with Crippen LogP contribution in [0.5, 0.6) is 0 Å². The number of rotatable bonds is 2. The molecule has 0 fully saturated rings. The second kappa shape index (κ2) is 5.32. The molecule has 0 aromatic carbocycles. The molecule has 2 nitrogen and oxygen atoms in total. The molecule has 14 heavy (non-hydrogen) atoms. The fraction of sp³-hybridized carbons (Fsp3) is 0.545. The van der Waals surface area contributed by atoms with Gasteiger partial charge in [-0.15, -0.1) is 12.4 Å². The van der Waals surface area contributed by atoms with Crippen LogP contribution in [0.15, 0.2) is 24.4 Å². The molecule has 0 aliphatic rings. The predicted octanol–water partition coefficient (Wildman–Crippen LogP) is 2.94. The minimum Gasteiger partial charge on any atom is -0.323 e. The molecule has 0 aliphatic carbocycles. The summed E-state index contributed by atoms with van der Waals surface area (Å²) in [6, 6.07) is 5.93. The molecule has 1 unspecified atom stereocenters. The van der Waals surface area contributed by atoms with E-state index >= 15 is 0 Å². The van der Waals surface area contributed by atoms with Crippen LogP contribution in [0.3, 0.4) is 0 Å². The molecule has 0 aliphatic heterocycles. The van der Waals surface area contributed by atoms with Gasteiger partial charge in [-0.05, 0) is 24.0 Å². The van der Waals surface area contributed by atoms with Crippen molar-refractivity contribution < 1.29 is 0 Å². The molecular formula is C11H19ClN2. The summed E-state index contributed by atoms with van der Waals surface area (Å²) in [6.45, 7) is 6.57. The summed E-state index contributed by atoms with van der Waals surface area (Å²) in [5.74, 6) is 0. The van der Waals surface area contributed by atoms with Crippen molar-refractivity contribution in [3.8, 4) is 0 Å². The molecule has 2 N–H and O–H groups in total. The maximum absolute atomic E-state index is 6.02. The van der Waals surface area contributed by atoms with Crippen molar-refractivity contribution in [2.45, 2.75) is 33.2 Å². The first kappa shape index (κ1) is 13.4. The number of hydrogen-bond donors (Lipinski definition) is 1. The van der Waals surface area contributed by atoms with Gasteiger partial charge in [0.05, 0.1) is 5.69 Å². The molecule has 0 saturated carbocycles. The van der Waals surface area contributed by atoms with Crippen LogP contribution in [0, 0.1) is 5.41 Å². The normalized spacial score (nSPS) is 13.1. The first-order chi connectivity index (χ1) is 5.99. The first-order valence-electron chi connectivity index (χ1n) is 4.65. The zero-order valence-corrected chi connectivity index (χ0v) is 9.84. The fourth-order valence-corrected chi connectivity index (χ4v) is 1.36. The number of pyridine rings is 1. The summed E-state index contributed by atoms with van der Waals surface area (Å²) in [7, 11) is 0. The maximum atomic E-state index is 6.02. The summed E-state index contributed by atoms with van der Waals surface area (Å²) in [5, 5.41) is 0. The third kappa shape index (κ3) is 4.58. The highest BCUT2D eigenvalue weighted by Gasteiger charge is 2.17. The van der Waals surface area contributed by atoms with Gasteiger partial charge < -0.3 is 5.73 Å². The van der Waals surface area contributed by atoms with Gasteiger partial charge in [0.1, 0.15) is 0 Å². The van der Waals surface area contributed by atoms with Crippen molar-refractivity contribution in [2.75, 3.05) is 0 Å². The Balaban J connectivity index is 0.00000169. The minimum atomic E-state index is 0. The molecule has 80 valence electrons. The Morgan fingerprint density at radius 1 is 1.36 bits per heavy atom. The van der Waals surface area contributed by atoms with Crippen LogP contribution in [0.1, 0.15) is 38.9 Å². The van der Waals surface area contributed by atoms with Crippen molar-refractivity contribution in [3.63, 3.8) is 0 Å². The van der Waals surface area contributed by atoms with Gasteiger partial charge >= 0.3 is 0 Å². The summed E-state index contributed by atoms with van der Waals surface area (Å²) in [6.07, 6.45) is 2.75. The second-order valence-corrected chi connectivity index (χ2v) is 4.63. The van der Waals surface area contributed by atoms with Gasteiger partial charge in [0, 0.05) is 12.2 Å². The Kier molecular flexibility index (Phi) is 5.09. The molecule has 1 aromatic heterocycles. The Morgan fingerprint density at radius 3 is 2.43 bits per heavy atom. The smallest absolute Gasteiger partial charge is 0.0571 e. The molecule has 0 amide bonds.